The van der Waals surface area contributed by atoms with Crippen LogP contribution in [0.1, 0.15) is 12.8 Å². The Morgan fingerprint density at radius 2 is 1.76 bits per heavy atom. The number of nitrogens with zero attached hydrogens (tertiary/aromatic N) is 4. The molecule has 0 radical (unpaired) electrons. The van der Waals surface area contributed by atoms with E-state index in [1.54, 1.807) is 12.1 Å². The fourth-order valence-electron chi connectivity index (χ4n) is 2.49. The first-order chi connectivity index (χ1) is 10.2. The predicted molar refractivity (Wildman–Crippen MR) is 77.1 cm³/mol. The molecule has 0 amide bonds. The zero-order valence-corrected chi connectivity index (χ0v) is 12.1. The maximum Gasteiger partial charge on any atom is 0.241 e. The van der Waals surface area contributed by atoms with E-state index in [0.29, 0.717) is 18.3 Å². The fourth-order valence-corrected chi connectivity index (χ4v) is 2.49. The number of likely N-dealkylation sites (N-methyl/N-ethyl adjacent to an activating group) is 1. The van der Waals surface area contributed by atoms with Gasteiger partial charge in [-0.1, -0.05) is 12.1 Å². The van der Waals surface area contributed by atoms with Gasteiger partial charge in [0.25, 0.3) is 0 Å². The molecular weight excluding hydrogens is 271 g/mol. The minimum Gasteiger partial charge on any atom is -0.338 e. The largest absolute Gasteiger partial charge is 0.338 e. The zero-order valence-electron chi connectivity index (χ0n) is 12.1. The Bertz CT molecular complexity index is 576. The highest BCUT2D eigenvalue weighted by molar-refractivity contribution is 5.53. The van der Waals surface area contributed by atoms with Crippen molar-refractivity contribution in [1.82, 2.24) is 19.9 Å². The fraction of sp³-hybridized carbons (Fsp3) is 0.467. The molecule has 21 heavy (non-hydrogen) atoms. The third-order valence-electron chi connectivity index (χ3n) is 3.84. The summed E-state index contributed by atoms with van der Waals surface area (Å²) in [4.78, 5) is 9.13. The molecule has 0 aliphatic carbocycles. The first-order valence-corrected chi connectivity index (χ1v) is 7.28. The highest BCUT2D eigenvalue weighted by Crippen LogP contribution is 2.17. The van der Waals surface area contributed by atoms with Crippen LogP contribution in [0.15, 0.2) is 28.8 Å². The molecule has 0 unspecified atom stereocenters. The second kappa shape index (κ2) is 6.32. The van der Waals surface area contributed by atoms with Crippen molar-refractivity contribution in [2.75, 3.05) is 32.7 Å². The number of hydrogen-bond acceptors (Lipinski definition) is 5. The number of rotatable bonds is 4. The SMILES string of the molecule is CCN1CCN(Cc2nc(-c3ccc(F)cc3)no2)CC1. The van der Waals surface area contributed by atoms with Gasteiger partial charge in [0.1, 0.15) is 5.82 Å². The van der Waals surface area contributed by atoms with Crippen molar-refractivity contribution < 1.29 is 8.91 Å². The highest BCUT2D eigenvalue weighted by atomic mass is 19.1. The molecule has 0 spiro atoms. The molecular formula is C15H19FN4O. The van der Waals surface area contributed by atoms with Gasteiger partial charge in [-0.05, 0) is 30.8 Å². The number of aromatic nitrogens is 2. The van der Waals surface area contributed by atoms with Gasteiger partial charge in [0.15, 0.2) is 0 Å². The predicted octanol–water partition coefficient (Wildman–Crippen LogP) is 2.01. The number of piperazine rings is 1. The minimum atomic E-state index is -0.267. The van der Waals surface area contributed by atoms with Crippen LogP contribution in [0.5, 0.6) is 0 Å². The van der Waals surface area contributed by atoms with Crippen LogP contribution in [0.4, 0.5) is 4.39 Å². The summed E-state index contributed by atoms with van der Waals surface area (Å²) in [7, 11) is 0. The van der Waals surface area contributed by atoms with Gasteiger partial charge in [-0.15, -0.1) is 0 Å². The van der Waals surface area contributed by atoms with Gasteiger partial charge in [-0.25, -0.2) is 4.39 Å². The Morgan fingerprint density at radius 3 is 2.43 bits per heavy atom. The molecule has 1 aliphatic rings. The third kappa shape index (κ3) is 3.46. The molecule has 2 aromatic rings. The van der Waals surface area contributed by atoms with Crippen molar-refractivity contribution >= 4 is 0 Å². The van der Waals surface area contributed by atoms with E-state index in [1.165, 1.54) is 12.1 Å². The Labute approximate surface area is 123 Å². The Morgan fingerprint density at radius 1 is 1.10 bits per heavy atom. The van der Waals surface area contributed by atoms with E-state index in [4.69, 9.17) is 4.52 Å². The van der Waals surface area contributed by atoms with Crippen molar-refractivity contribution in [3.63, 3.8) is 0 Å². The highest BCUT2D eigenvalue weighted by Gasteiger charge is 2.18. The van der Waals surface area contributed by atoms with Crippen molar-refractivity contribution in [2.24, 2.45) is 0 Å². The van der Waals surface area contributed by atoms with Gasteiger partial charge in [0.05, 0.1) is 6.54 Å². The van der Waals surface area contributed by atoms with E-state index < -0.39 is 0 Å². The first kappa shape index (κ1) is 14.2. The van der Waals surface area contributed by atoms with Gasteiger partial charge < -0.3 is 9.42 Å². The van der Waals surface area contributed by atoms with E-state index in [9.17, 15) is 4.39 Å². The molecule has 0 atom stereocenters. The molecule has 1 aromatic heterocycles. The Hall–Kier alpha value is -1.79. The summed E-state index contributed by atoms with van der Waals surface area (Å²) in [6, 6.07) is 6.11. The molecule has 2 heterocycles. The van der Waals surface area contributed by atoms with Crippen LogP contribution in [0.2, 0.25) is 0 Å². The van der Waals surface area contributed by atoms with Crippen molar-refractivity contribution in [3.8, 4) is 11.4 Å². The summed E-state index contributed by atoms with van der Waals surface area (Å²) >= 11 is 0. The summed E-state index contributed by atoms with van der Waals surface area (Å²) in [6.45, 7) is 8.15. The van der Waals surface area contributed by atoms with Crippen LogP contribution in [0, 0.1) is 5.82 Å². The average Bonchev–Trinajstić information content (AvgIpc) is 2.97. The molecule has 1 fully saturated rings. The zero-order chi connectivity index (χ0) is 14.7. The molecule has 1 saturated heterocycles. The summed E-state index contributed by atoms with van der Waals surface area (Å²) < 4.78 is 18.2. The smallest absolute Gasteiger partial charge is 0.241 e. The number of hydrogen-bond donors (Lipinski definition) is 0. The van der Waals surface area contributed by atoms with E-state index in [2.05, 4.69) is 26.9 Å². The first-order valence-electron chi connectivity index (χ1n) is 7.28. The van der Waals surface area contributed by atoms with Gasteiger partial charge in [-0.2, -0.15) is 4.98 Å². The van der Waals surface area contributed by atoms with Gasteiger partial charge in [0, 0.05) is 31.7 Å². The monoisotopic (exact) mass is 290 g/mol. The minimum absolute atomic E-state index is 0.267. The van der Waals surface area contributed by atoms with E-state index in [1.807, 2.05) is 0 Å². The quantitative estimate of drug-likeness (QED) is 0.862. The van der Waals surface area contributed by atoms with Crippen LogP contribution in [0.3, 0.4) is 0 Å². The maximum atomic E-state index is 12.9. The molecule has 0 saturated carbocycles. The molecule has 5 nitrogen and oxygen atoms in total. The normalized spacial score (nSPS) is 17.2. The topological polar surface area (TPSA) is 45.4 Å². The van der Waals surface area contributed by atoms with Crippen LogP contribution in [-0.2, 0) is 6.54 Å². The van der Waals surface area contributed by atoms with E-state index in [0.717, 1.165) is 38.3 Å². The van der Waals surface area contributed by atoms with Crippen LogP contribution in [0.25, 0.3) is 11.4 Å². The third-order valence-corrected chi connectivity index (χ3v) is 3.84. The van der Waals surface area contributed by atoms with Crippen LogP contribution >= 0.6 is 0 Å². The van der Waals surface area contributed by atoms with E-state index in [-0.39, 0.29) is 5.82 Å². The average molecular weight is 290 g/mol. The molecule has 6 heteroatoms. The molecule has 0 bridgehead atoms. The lowest BCUT2D eigenvalue weighted by Crippen LogP contribution is -2.45. The van der Waals surface area contributed by atoms with Crippen molar-refractivity contribution in [2.45, 2.75) is 13.5 Å². The standard InChI is InChI=1S/C15H19FN4O/c1-2-19-7-9-20(10-8-19)11-14-17-15(18-21-14)12-3-5-13(16)6-4-12/h3-6H,2,7-11H2,1H3. The molecule has 1 aliphatic heterocycles. The van der Waals surface area contributed by atoms with Gasteiger partial charge in [-0.3, -0.25) is 4.90 Å². The Balaban J connectivity index is 1.62. The lowest BCUT2D eigenvalue weighted by molar-refractivity contribution is 0.121. The van der Waals surface area contributed by atoms with Crippen LogP contribution in [-0.4, -0.2) is 52.7 Å². The number of halogens is 1. The lowest BCUT2D eigenvalue weighted by Gasteiger charge is -2.33. The summed E-state index contributed by atoms with van der Waals surface area (Å²) in [5, 5.41) is 3.97. The maximum absolute atomic E-state index is 12.9. The number of benzene rings is 1. The second-order valence-corrected chi connectivity index (χ2v) is 5.23. The van der Waals surface area contributed by atoms with Crippen LogP contribution < -0.4 is 0 Å². The molecule has 112 valence electrons. The molecule has 3 rings (SSSR count). The van der Waals surface area contributed by atoms with Crippen molar-refractivity contribution in [3.05, 3.63) is 36.0 Å². The second-order valence-electron chi connectivity index (χ2n) is 5.23. The van der Waals surface area contributed by atoms with E-state index >= 15 is 0 Å². The Kier molecular flexibility index (Phi) is 4.26. The van der Waals surface area contributed by atoms with Gasteiger partial charge in [0.2, 0.25) is 11.7 Å². The molecule has 1 aromatic carbocycles. The van der Waals surface area contributed by atoms with Crippen molar-refractivity contribution in [1.29, 1.82) is 0 Å². The summed E-state index contributed by atoms with van der Waals surface area (Å²) in [6.07, 6.45) is 0. The van der Waals surface area contributed by atoms with Gasteiger partial charge >= 0.3 is 0 Å². The summed E-state index contributed by atoms with van der Waals surface area (Å²) in [5.41, 5.74) is 0.766. The summed E-state index contributed by atoms with van der Waals surface area (Å²) in [5.74, 6) is 0.854. The lowest BCUT2D eigenvalue weighted by atomic mass is 10.2. The molecule has 0 N–H and O–H groups in total.